The van der Waals surface area contributed by atoms with Gasteiger partial charge in [-0.2, -0.15) is 0 Å². The van der Waals surface area contributed by atoms with E-state index in [1.807, 2.05) is 6.92 Å². The van der Waals surface area contributed by atoms with E-state index >= 15 is 0 Å². The molecule has 0 spiro atoms. The number of ether oxygens (including phenoxy) is 3. The summed E-state index contributed by atoms with van der Waals surface area (Å²) in [7, 11) is 0. The average molecular weight is 677 g/mol. The van der Waals surface area contributed by atoms with Gasteiger partial charge >= 0.3 is 23.9 Å². The smallest absolute Gasteiger partial charge is 0.336 e. The number of carboxylic acids is 1. The Morgan fingerprint density at radius 2 is 1.15 bits per heavy atom. The first kappa shape index (κ1) is 42.8. The number of esters is 3. The van der Waals surface area contributed by atoms with Crippen molar-refractivity contribution in [2.24, 2.45) is 5.41 Å². The number of ketones is 1. The van der Waals surface area contributed by atoms with Gasteiger partial charge in [-0.15, -0.1) is 0 Å². The Labute approximate surface area is 287 Å². The number of hydrogen-bond acceptors (Lipinski definition) is 9. The maximum atomic E-state index is 13.5. The molecule has 4 atom stereocenters. The Morgan fingerprint density at radius 1 is 0.688 bits per heavy atom. The summed E-state index contributed by atoms with van der Waals surface area (Å²) in [6.07, 6.45) is 12.4. The molecule has 4 unspecified atom stereocenters. The summed E-state index contributed by atoms with van der Waals surface area (Å²) in [5.74, 6) is -3.18. The highest BCUT2D eigenvalue weighted by molar-refractivity contribution is 6.07. The summed E-state index contributed by atoms with van der Waals surface area (Å²) in [6, 6.07) is 5.60. The van der Waals surface area contributed by atoms with Gasteiger partial charge in [-0.05, 0) is 70.8 Å². The minimum Gasteiger partial charge on any atom is -0.478 e. The molecule has 1 rings (SSSR count). The number of aliphatic hydroxyl groups excluding tert-OH is 1. The van der Waals surface area contributed by atoms with Crippen molar-refractivity contribution >= 4 is 29.7 Å². The minimum atomic E-state index is -1.70. The Morgan fingerprint density at radius 3 is 1.60 bits per heavy atom. The van der Waals surface area contributed by atoms with Crippen LogP contribution in [-0.2, 0) is 28.6 Å². The summed E-state index contributed by atoms with van der Waals surface area (Å²) < 4.78 is 16.5. The van der Waals surface area contributed by atoms with Crippen molar-refractivity contribution < 1.29 is 48.4 Å². The van der Waals surface area contributed by atoms with E-state index in [1.165, 1.54) is 38.1 Å². The van der Waals surface area contributed by atoms with Gasteiger partial charge < -0.3 is 24.4 Å². The van der Waals surface area contributed by atoms with Crippen LogP contribution in [-0.4, -0.2) is 64.8 Å². The number of unbranched alkanes of at least 4 members (excludes halogenated alkanes) is 7. The van der Waals surface area contributed by atoms with E-state index in [1.54, 1.807) is 0 Å². The molecule has 0 aliphatic heterocycles. The zero-order valence-corrected chi connectivity index (χ0v) is 29.9. The molecule has 0 saturated heterocycles. The van der Waals surface area contributed by atoms with Crippen molar-refractivity contribution in [2.75, 3.05) is 6.61 Å². The molecule has 10 heteroatoms. The van der Waals surface area contributed by atoms with Crippen molar-refractivity contribution in [2.45, 2.75) is 162 Å². The predicted octanol–water partition coefficient (Wildman–Crippen LogP) is 8.01. The zero-order chi connectivity index (χ0) is 36.0. The van der Waals surface area contributed by atoms with Crippen LogP contribution in [0.3, 0.4) is 0 Å². The Hall–Kier alpha value is -3.27. The van der Waals surface area contributed by atoms with Crippen molar-refractivity contribution in [3.05, 3.63) is 35.4 Å². The van der Waals surface area contributed by atoms with Crippen molar-refractivity contribution in [3.8, 4) is 0 Å². The maximum Gasteiger partial charge on any atom is 0.336 e. The molecule has 48 heavy (non-hydrogen) atoms. The van der Waals surface area contributed by atoms with Crippen molar-refractivity contribution in [3.63, 3.8) is 0 Å². The summed E-state index contributed by atoms with van der Waals surface area (Å²) in [4.78, 5) is 61.0. The molecule has 0 saturated carbocycles. The van der Waals surface area contributed by atoms with Crippen molar-refractivity contribution in [1.29, 1.82) is 0 Å². The number of hydrogen-bond donors (Lipinski definition) is 2. The fraction of sp³-hybridized carbons (Fsp3) is 0.711. The highest BCUT2D eigenvalue weighted by Crippen LogP contribution is 2.33. The zero-order valence-electron chi connectivity index (χ0n) is 29.9. The van der Waals surface area contributed by atoms with E-state index in [9.17, 15) is 34.2 Å². The van der Waals surface area contributed by atoms with E-state index in [0.717, 1.165) is 96.3 Å². The lowest BCUT2D eigenvalue weighted by atomic mass is 9.79. The van der Waals surface area contributed by atoms with Gasteiger partial charge in [-0.3, -0.25) is 19.2 Å². The summed E-state index contributed by atoms with van der Waals surface area (Å²) >= 11 is 0. The third kappa shape index (κ3) is 17.2. The molecule has 272 valence electrons. The molecule has 0 aliphatic carbocycles. The molecule has 0 amide bonds. The Kier molecular flexibility index (Phi) is 21.3. The molecular weight excluding hydrogens is 616 g/mol. The lowest BCUT2D eigenvalue weighted by Crippen LogP contribution is -2.35. The van der Waals surface area contributed by atoms with Crippen LogP contribution in [0.4, 0.5) is 0 Å². The molecule has 1 aromatic rings. The first-order valence-electron chi connectivity index (χ1n) is 17.9. The number of benzene rings is 1. The fourth-order valence-corrected chi connectivity index (χ4v) is 5.97. The quantitative estimate of drug-likeness (QED) is 0.0405. The largest absolute Gasteiger partial charge is 0.478 e. The van der Waals surface area contributed by atoms with Crippen LogP contribution in [0.15, 0.2) is 24.3 Å². The fourth-order valence-electron chi connectivity index (χ4n) is 5.97. The molecule has 0 heterocycles. The van der Waals surface area contributed by atoms with Crippen LogP contribution >= 0.6 is 0 Å². The van der Waals surface area contributed by atoms with E-state index in [4.69, 9.17) is 14.2 Å². The van der Waals surface area contributed by atoms with E-state index in [-0.39, 0.29) is 35.3 Å². The van der Waals surface area contributed by atoms with Crippen LogP contribution in [0.1, 0.15) is 164 Å². The number of aromatic carboxylic acids is 1. The van der Waals surface area contributed by atoms with Gasteiger partial charge in [0.15, 0.2) is 11.9 Å². The van der Waals surface area contributed by atoms with Gasteiger partial charge in [0.2, 0.25) is 0 Å². The van der Waals surface area contributed by atoms with Crippen LogP contribution < -0.4 is 0 Å². The second-order valence-electron chi connectivity index (χ2n) is 13.2. The van der Waals surface area contributed by atoms with Crippen LogP contribution in [0.25, 0.3) is 0 Å². The van der Waals surface area contributed by atoms with E-state index < -0.39 is 35.8 Å². The Balaban J connectivity index is 2.84. The molecule has 10 nitrogen and oxygen atoms in total. The molecule has 0 aliphatic rings. The topological polar surface area (TPSA) is 154 Å². The number of Topliss-reactive ketones (excluding diaryl/α,β-unsaturated/α-hetero) is 1. The SMILES string of the molecule is CCCCCC(CCCCCC(C)(CCCCCC(CCCC)OC(C)=O)C(=O)OCC(O)C(=O)c1ccccc1C(=O)O)OC(C)=O. The van der Waals surface area contributed by atoms with Gasteiger partial charge in [0.05, 0.1) is 11.0 Å². The van der Waals surface area contributed by atoms with Gasteiger partial charge in [-0.1, -0.05) is 83.4 Å². The summed E-state index contributed by atoms with van der Waals surface area (Å²) in [5, 5.41) is 20.0. The second kappa shape index (κ2) is 24.0. The van der Waals surface area contributed by atoms with Crippen LogP contribution in [0.2, 0.25) is 0 Å². The highest BCUT2D eigenvalue weighted by Gasteiger charge is 2.35. The summed E-state index contributed by atoms with van der Waals surface area (Å²) in [6.45, 7) is 8.35. The van der Waals surface area contributed by atoms with Crippen LogP contribution in [0.5, 0.6) is 0 Å². The number of aliphatic hydroxyl groups is 1. The first-order chi connectivity index (χ1) is 22.8. The minimum absolute atomic E-state index is 0.108. The Bertz CT molecular complexity index is 1130. The lowest BCUT2D eigenvalue weighted by Gasteiger charge is -2.28. The molecule has 0 radical (unpaired) electrons. The number of carboxylic acid groups (broad SMARTS) is 1. The predicted molar refractivity (Wildman–Crippen MR) is 184 cm³/mol. The molecule has 2 N–H and O–H groups in total. The molecule has 0 bridgehead atoms. The standard InChI is InChI=1S/C38H60O10/c1-6-8-12-20-31(48-29(4)40)22-14-11-18-26-38(5,25-17-10-13-21-30(19-9-7-2)47-28(3)39)37(45)46-27-34(41)35(42)32-23-15-16-24-33(32)36(43)44/h15-16,23-24,30-31,34,41H,6-14,17-22,25-27H2,1-5H3,(H,43,44). The first-order valence-corrected chi connectivity index (χ1v) is 17.9. The molecular formula is C38H60O10. The van der Waals surface area contributed by atoms with Gasteiger partial charge in [0, 0.05) is 19.4 Å². The number of carbonyl (C=O) groups is 5. The van der Waals surface area contributed by atoms with Crippen molar-refractivity contribution in [1.82, 2.24) is 0 Å². The third-order valence-electron chi connectivity index (χ3n) is 8.77. The maximum absolute atomic E-state index is 13.5. The highest BCUT2D eigenvalue weighted by atomic mass is 16.6. The lowest BCUT2D eigenvalue weighted by molar-refractivity contribution is -0.158. The molecule has 0 fully saturated rings. The number of rotatable bonds is 27. The van der Waals surface area contributed by atoms with Gasteiger partial charge in [0.1, 0.15) is 18.8 Å². The van der Waals surface area contributed by atoms with E-state index in [0.29, 0.717) is 12.8 Å². The summed E-state index contributed by atoms with van der Waals surface area (Å²) in [5.41, 5.74) is -1.25. The molecule has 1 aromatic carbocycles. The van der Waals surface area contributed by atoms with Crippen LogP contribution in [0, 0.1) is 5.41 Å². The molecule has 0 aromatic heterocycles. The third-order valence-corrected chi connectivity index (χ3v) is 8.77. The monoisotopic (exact) mass is 676 g/mol. The number of carbonyl (C=O) groups excluding carboxylic acids is 4. The second-order valence-corrected chi connectivity index (χ2v) is 13.2. The van der Waals surface area contributed by atoms with Gasteiger partial charge in [-0.25, -0.2) is 4.79 Å². The normalized spacial score (nSPS) is 14.3. The van der Waals surface area contributed by atoms with E-state index in [2.05, 4.69) is 13.8 Å². The average Bonchev–Trinajstić information content (AvgIpc) is 3.04. The van der Waals surface area contributed by atoms with Gasteiger partial charge in [0.25, 0.3) is 0 Å².